The van der Waals surface area contributed by atoms with Crippen LogP contribution in [0.5, 0.6) is 0 Å². The Kier molecular flexibility index (Phi) is 5.70. The van der Waals surface area contributed by atoms with Crippen molar-refractivity contribution in [1.29, 1.82) is 0 Å². The Bertz CT molecular complexity index is 1070. The van der Waals surface area contributed by atoms with E-state index in [0.717, 1.165) is 10.9 Å². The molecule has 8 nitrogen and oxygen atoms in total. The fraction of sp³-hybridized carbons (Fsp3) is 0.545. The number of fused-ring (bicyclic) bond motifs is 1. The van der Waals surface area contributed by atoms with Gasteiger partial charge in [0, 0.05) is 24.7 Å². The van der Waals surface area contributed by atoms with Crippen LogP contribution in [0.4, 0.5) is 4.79 Å². The molecule has 1 amide bonds. The maximum atomic E-state index is 13.1. The van der Waals surface area contributed by atoms with Crippen LogP contribution in [0.3, 0.4) is 0 Å². The van der Waals surface area contributed by atoms with Crippen molar-refractivity contribution >= 4 is 27.0 Å². The first-order chi connectivity index (χ1) is 14.6. The minimum absolute atomic E-state index is 0.136. The third-order valence-electron chi connectivity index (χ3n) is 5.77. The SMILES string of the molecule is CC(C)(C)OC(=O)NC1COC2(CCN(S(=O)(=O)c3cnc4ccccc4c3)CC2)C1. The summed E-state index contributed by atoms with van der Waals surface area (Å²) in [4.78, 5) is 16.5. The second kappa shape index (κ2) is 8.03. The number of ether oxygens (including phenoxy) is 2. The molecule has 3 heterocycles. The van der Waals surface area contributed by atoms with E-state index in [-0.39, 0.29) is 10.9 Å². The minimum atomic E-state index is -3.63. The Balaban J connectivity index is 1.38. The third kappa shape index (κ3) is 4.83. The Hall–Kier alpha value is -2.23. The highest BCUT2D eigenvalue weighted by Gasteiger charge is 2.45. The van der Waals surface area contributed by atoms with Gasteiger partial charge < -0.3 is 14.8 Å². The summed E-state index contributed by atoms with van der Waals surface area (Å²) in [6.07, 6.45) is 2.79. The molecule has 0 radical (unpaired) electrons. The average molecular weight is 448 g/mol. The molecule has 168 valence electrons. The van der Waals surface area contributed by atoms with Gasteiger partial charge in [0.25, 0.3) is 0 Å². The molecule has 2 aromatic rings. The molecule has 1 atom stereocenters. The Morgan fingerprint density at radius 3 is 2.68 bits per heavy atom. The number of benzene rings is 1. The van der Waals surface area contributed by atoms with Crippen LogP contribution in [0.25, 0.3) is 10.9 Å². The molecule has 0 bridgehead atoms. The highest BCUT2D eigenvalue weighted by atomic mass is 32.2. The molecule has 9 heteroatoms. The highest BCUT2D eigenvalue weighted by Crippen LogP contribution is 2.37. The van der Waals surface area contributed by atoms with Crippen LogP contribution in [0, 0.1) is 0 Å². The zero-order valence-corrected chi connectivity index (χ0v) is 18.9. The molecule has 1 spiro atoms. The monoisotopic (exact) mass is 447 g/mol. The quantitative estimate of drug-likeness (QED) is 0.777. The van der Waals surface area contributed by atoms with Crippen LogP contribution >= 0.6 is 0 Å². The predicted molar refractivity (Wildman–Crippen MR) is 116 cm³/mol. The van der Waals surface area contributed by atoms with Gasteiger partial charge in [-0.2, -0.15) is 4.31 Å². The second-order valence-corrected chi connectivity index (χ2v) is 11.2. The van der Waals surface area contributed by atoms with Crippen LogP contribution in [0.15, 0.2) is 41.4 Å². The summed E-state index contributed by atoms with van der Waals surface area (Å²) in [5, 5.41) is 3.66. The fourth-order valence-corrected chi connectivity index (χ4v) is 5.66. The van der Waals surface area contributed by atoms with E-state index in [2.05, 4.69) is 10.3 Å². The van der Waals surface area contributed by atoms with Gasteiger partial charge in [0.2, 0.25) is 10.0 Å². The van der Waals surface area contributed by atoms with Gasteiger partial charge in [-0.25, -0.2) is 13.2 Å². The Morgan fingerprint density at radius 2 is 1.97 bits per heavy atom. The van der Waals surface area contributed by atoms with Gasteiger partial charge in [-0.1, -0.05) is 18.2 Å². The lowest BCUT2D eigenvalue weighted by Gasteiger charge is -2.37. The fourth-order valence-electron chi connectivity index (χ4n) is 4.23. The van der Waals surface area contributed by atoms with Crippen molar-refractivity contribution in [1.82, 2.24) is 14.6 Å². The lowest BCUT2D eigenvalue weighted by atomic mass is 9.88. The summed E-state index contributed by atoms with van der Waals surface area (Å²) in [7, 11) is -3.63. The first kappa shape index (κ1) is 22.0. The van der Waals surface area contributed by atoms with E-state index in [9.17, 15) is 13.2 Å². The van der Waals surface area contributed by atoms with Crippen molar-refractivity contribution in [3.63, 3.8) is 0 Å². The summed E-state index contributed by atoms with van der Waals surface area (Å²) in [5.74, 6) is 0. The Morgan fingerprint density at radius 1 is 1.26 bits per heavy atom. The topological polar surface area (TPSA) is 97.8 Å². The number of carbonyl (C=O) groups is 1. The van der Waals surface area contributed by atoms with Gasteiger partial charge in [-0.3, -0.25) is 4.98 Å². The number of piperidine rings is 1. The minimum Gasteiger partial charge on any atom is -0.444 e. The molecule has 4 rings (SSSR count). The van der Waals surface area contributed by atoms with E-state index in [0.29, 0.717) is 39.0 Å². The summed E-state index contributed by atoms with van der Waals surface area (Å²) in [6.45, 7) is 6.60. The molecule has 2 fully saturated rings. The standard InChI is InChI=1S/C22H29N3O5S/c1-21(2,3)30-20(26)24-17-13-22(29-15-17)8-10-25(11-9-22)31(27,28)18-12-16-6-4-5-7-19(16)23-14-18/h4-7,12,14,17H,8-11,13,15H2,1-3H3,(H,24,26). The number of amides is 1. The van der Waals surface area contributed by atoms with E-state index < -0.39 is 27.3 Å². The first-order valence-corrected chi connectivity index (χ1v) is 12.0. The number of rotatable bonds is 3. The molecule has 31 heavy (non-hydrogen) atoms. The van der Waals surface area contributed by atoms with Crippen LogP contribution in [-0.4, -0.2) is 60.7 Å². The maximum Gasteiger partial charge on any atom is 0.407 e. The summed E-state index contributed by atoms with van der Waals surface area (Å²) < 4.78 is 39.2. The second-order valence-electron chi connectivity index (χ2n) is 9.31. The smallest absolute Gasteiger partial charge is 0.407 e. The van der Waals surface area contributed by atoms with Crippen molar-refractivity contribution in [2.24, 2.45) is 0 Å². The van der Waals surface area contributed by atoms with Gasteiger partial charge in [0.15, 0.2) is 0 Å². The molecule has 2 aliphatic heterocycles. The number of hydrogen-bond acceptors (Lipinski definition) is 6. The summed E-state index contributed by atoms with van der Waals surface area (Å²) >= 11 is 0. The predicted octanol–water partition coefficient (Wildman–Crippen LogP) is 3.07. The molecule has 1 aromatic carbocycles. The number of alkyl carbamates (subject to hydrolysis) is 1. The normalized spacial score (nSPS) is 22.0. The van der Waals surface area contributed by atoms with Crippen molar-refractivity contribution < 1.29 is 22.7 Å². The average Bonchev–Trinajstić information content (AvgIpc) is 3.08. The Labute approximate surface area is 183 Å². The van der Waals surface area contributed by atoms with Crippen LogP contribution in [-0.2, 0) is 19.5 Å². The van der Waals surface area contributed by atoms with Gasteiger partial charge in [-0.05, 0) is 52.2 Å². The highest BCUT2D eigenvalue weighted by molar-refractivity contribution is 7.89. The van der Waals surface area contributed by atoms with Crippen molar-refractivity contribution in [3.8, 4) is 0 Å². The van der Waals surface area contributed by atoms with E-state index in [1.165, 1.54) is 10.5 Å². The largest absolute Gasteiger partial charge is 0.444 e. The molecule has 0 saturated carbocycles. The molecule has 1 unspecified atom stereocenters. The van der Waals surface area contributed by atoms with Crippen LogP contribution in [0.1, 0.15) is 40.0 Å². The number of nitrogens with one attached hydrogen (secondary N) is 1. The number of sulfonamides is 1. The number of nitrogens with zero attached hydrogens (tertiary/aromatic N) is 2. The lowest BCUT2D eigenvalue weighted by Crippen LogP contribution is -2.47. The third-order valence-corrected chi connectivity index (χ3v) is 7.63. The zero-order valence-electron chi connectivity index (χ0n) is 18.1. The van der Waals surface area contributed by atoms with E-state index in [1.807, 2.05) is 45.0 Å². The molecule has 1 N–H and O–H groups in total. The first-order valence-electron chi connectivity index (χ1n) is 10.5. The molecular weight excluding hydrogens is 418 g/mol. The van der Waals surface area contributed by atoms with Gasteiger partial charge in [0.1, 0.15) is 10.5 Å². The molecule has 1 aromatic heterocycles. The number of para-hydroxylation sites is 1. The van der Waals surface area contributed by atoms with E-state index in [1.54, 1.807) is 6.07 Å². The van der Waals surface area contributed by atoms with Crippen molar-refractivity contribution in [2.75, 3.05) is 19.7 Å². The number of carbonyl (C=O) groups excluding carboxylic acids is 1. The molecular formula is C22H29N3O5S. The maximum absolute atomic E-state index is 13.1. The van der Waals surface area contributed by atoms with Crippen LogP contribution in [0.2, 0.25) is 0 Å². The number of aromatic nitrogens is 1. The van der Waals surface area contributed by atoms with Crippen LogP contribution < -0.4 is 5.32 Å². The number of hydrogen-bond donors (Lipinski definition) is 1. The molecule has 0 aliphatic carbocycles. The van der Waals surface area contributed by atoms with Gasteiger partial charge in [-0.15, -0.1) is 0 Å². The van der Waals surface area contributed by atoms with Gasteiger partial charge >= 0.3 is 6.09 Å². The van der Waals surface area contributed by atoms with Gasteiger partial charge in [0.05, 0.1) is 23.8 Å². The number of pyridine rings is 1. The van der Waals surface area contributed by atoms with E-state index in [4.69, 9.17) is 9.47 Å². The zero-order chi connectivity index (χ0) is 22.3. The lowest BCUT2D eigenvalue weighted by molar-refractivity contribution is -0.0312. The molecule has 2 aliphatic rings. The van der Waals surface area contributed by atoms with E-state index >= 15 is 0 Å². The summed E-state index contributed by atoms with van der Waals surface area (Å²) in [5.41, 5.74) is -0.201. The van der Waals surface area contributed by atoms with Crippen molar-refractivity contribution in [3.05, 3.63) is 36.5 Å². The summed E-state index contributed by atoms with van der Waals surface area (Å²) in [6, 6.07) is 8.99. The molecule has 2 saturated heterocycles. The van der Waals surface area contributed by atoms with Crippen molar-refractivity contribution in [2.45, 2.75) is 62.2 Å².